The molecule has 1 amide bonds. The van der Waals surface area contributed by atoms with E-state index in [0.717, 1.165) is 42.7 Å². The minimum atomic E-state index is 0. The molecule has 0 atom stereocenters. The fourth-order valence-corrected chi connectivity index (χ4v) is 2.62. The van der Waals surface area contributed by atoms with Crippen LogP contribution in [0.2, 0.25) is 0 Å². The molecule has 2 N–H and O–H groups in total. The minimum Gasteiger partial charge on any atom is -0.379 e. The van der Waals surface area contributed by atoms with Gasteiger partial charge >= 0.3 is 0 Å². The van der Waals surface area contributed by atoms with Crippen molar-refractivity contribution in [2.45, 2.75) is 39.2 Å². The van der Waals surface area contributed by atoms with E-state index in [9.17, 15) is 4.79 Å². The number of hydrogen-bond acceptors (Lipinski definition) is 3. The maximum absolute atomic E-state index is 11.7. The van der Waals surface area contributed by atoms with Crippen LogP contribution in [0.4, 0.5) is 5.69 Å². The van der Waals surface area contributed by atoms with Crippen molar-refractivity contribution in [1.82, 2.24) is 10.2 Å². The summed E-state index contributed by atoms with van der Waals surface area (Å²) in [6.07, 6.45) is 4.02. The summed E-state index contributed by atoms with van der Waals surface area (Å²) in [5.74, 6) is 1.68. The quantitative estimate of drug-likeness (QED) is 0.229. The maximum Gasteiger partial charge on any atom is 0.224 e. The molecule has 0 aromatic heterocycles. The summed E-state index contributed by atoms with van der Waals surface area (Å²) in [5, 5.41) is 6.29. The van der Waals surface area contributed by atoms with Crippen LogP contribution in [0, 0.1) is 5.92 Å². The summed E-state index contributed by atoms with van der Waals surface area (Å²) in [6, 6.07) is 7.90. The molecular formula is C20H33IN4O2. The smallest absolute Gasteiger partial charge is 0.224 e. The van der Waals surface area contributed by atoms with Crippen LogP contribution in [0.25, 0.3) is 0 Å². The third-order valence-electron chi connectivity index (χ3n) is 4.33. The van der Waals surface area contributed by atoms with Gasteiger partial charge in [-0.15, -0.1) is 24.0 Å². The molecule has 152 valence electrons. The third-order valence-corrected chi connectivity index (χ3v) is 4.33. The largest absolute Gasteiger partial charge is 0.379 e. The van der Waals surface area contributed by atoms with Gasteiger partial charge in [0.25, 0.3) is 0 Å². The first kappa shape index (κ1) is 23.7. The van der Waals surface area contributed by atoms with Crippen LogP contribution in [0.1, 0.15) is 38.2 Å². The van der Waals surface area contributed by atoms with E-state index in [-0.39, 0.29) is 29.9 Å². The Bertz CT molecular complexity index is 605. The predicted molar refractivity (Wildman–Crippen MR) is 122 cm³/mol. The fourth-order valence-electron chi connectivity index (χ4n) is 2.62. The average Bonchev–Trinajstić information content (AvgIpc) is 3.44. The average molecular weight is 488 g/mol. The van der Waals surface area contributed by atoms with Crippen molar-refractivity contribution in [1.29, 1.82) is 0 Å². The number of nitrogens with zero attached hydrogens (tertiary/aromatic N) is 2. The molecule has 0 unspecified atom stereocenters. The van der Waals surface area contributed by atoms with Gasteiger partial charge in [0, 0.05) is 45.9 Å². The van der Waals surface area contributed by atoms with E-state index in [1.807, 2.05) is 38.2 Å². The first-order chi connectivity index (χ1) is 12.6. The molecule has 2 rings (SSSR count). The molecule has 0 aliphatic heterocycles. The van der Waals surface area contributed by atoms with Crippen LogP contribution in [-0.4, -0.2) is 50.6 Å². The molecular weight excluding hydrogens is 455 g/mol. The van der Waals surface area contributed by atoms with E-state index in [1.165, 1.54) is 12.8 Å². The number of halogens is 1. The summed E-state index contributed by atoms with van der Waals surface area (Å²) in [7, 11) is 3.79. The van der Waals surface area contributed by atoms with Crippen molar-refractivity contribution in [3.63, 3.8) is 0 Å². The predicted octanol–water partition coefficient (Wildman–Crippen LogP) is 3.48. The molecule has 0 saturated heterocycles. The summed E-state index contributed by atoms with van der Waals surface area (Å²) in [4.78, 5) is 18.1. The second-order valence-corrected chi connectivity index (χ2v) is 6.84. The highest BCUT2D eigenvalue weighted by atomic mass is 127. The standard InChI is InChI=1S/C20H32N4O2.HI/c1-4-6-19(25)23-18-8-5-7-17(13-18)14-22-20(21-2)24(3)11-12-26-15-16-9-10-16;/h5,7-8,13,16H,4,6,9-12,14-15H2,1-3H3,(H,21,22)(H,23,25);1H. The normalized spacial score (nSPS) is 13.7. The highest BCUT2D eigenvalue weighted by molar-refractivity contribution is 14.0. The van der Waals surface area contributed by atoms with E-state index in [1.54, 1.807) is 7.05 Å². The summed E-state index contributed by atoms with van der Waals surface area (Å²) in [6.45, 7) is 5.05. The molecule has 0 heterocycles. The molecule has 0 radical (unpaired) electrons. The lowest BCUT2D eigenvalue weighted by Crippen LogP contribution is -2.40. The SMILES string of the molecule is CCCC(=O)Nc1cccc(CNC(=NC)N(C)CCOCC2CC2)c1.I. The lowest BCUT2D eigenvalue weighted by atomic mass is 10.2. The first-order valence-electron chi connectivity index (χ1n) is 9.50. The van der Waals surface area contributed by atoms with E-state index in [4.69, 9.17) is 4.74 Å². The molecule has 1 aromatic rings. The fraction of sp³-hybridized carbons (Fsp3) is 0.600. The first-order valence-corrected chi connectivity index (χ1v) is 9.50. The molecule has 0 spiro atoms. The van der Waals surface area contributed by atoms with E-state index in [2.05, 4.69) is 20.5 Å². The Kier molecular flexibility index (Phi) is 11.3. The van der Waals surface area contributed by atoms with Crippen molar-refractivity contribution >= 4 is 41.5 Å². The van der Waals surface area contributed by atoms with Crippen LogP contribution in [0.5, 0.6) is 0 Å². The monoisotopic (exact) mass is 488 g/mol. The van der Waals surface area contributed by atoms with Gasteiger partial charge < -0.3 is 20.3 Å². The lowest BCUT2D eigenvalue weighted by Gasteiger charge is -2.22. The number of hydrogen-bond donors (Lipinski definition) is 2. The third kappa shape index (κ3) is 9.41. The number of anilines is 1. The number of amides is 1. The van der Waals surface area contributed by atoms with Gasteiger partial charge in [0.2, 0.25) is 5.91 Å². The zero-order valence-electron chi connectivity index (χ0n) is 16.7. The Morgan fingerprint density at radius 1 is 1.37 bits per heavy atom. The number of carbonyl (C=O) groups is 1. The van der Waals surface area contributed by atoms with Crippen molar-refractivity contribution in [2.75, 3.05) is 39.2 Å². The van der Waals surface area contributed by atoms with Gasteiger partial charge in [-0.2, -0.15) is 0 Å². The Morgan fingerprint density at radius 2 is 2.15 bits per heavy atom. The second-order valence-electron chi connectivity index (χ2n) is 6.84. The lowest BCUT2D eigenvalue weighted by molar-refractivity contribution is -0.116. The number of likely N-dealkylation sites (N-methyl/N-ethyl adjacent to an activating group) is 1. The molecule has 1 aliphatic carbocycles. The van der Waals surface area contributed by atoms with Gasteiger partial charge in [-0.05, 0) is 42.9 Å². The van der Waals surface area contributed by atoms with Crippen molar-refractivity contribution < 1.29 is 9.53 Å². The number of guanidine groups is 1. The van der Waals surface area contributed by atoms with Gasteiger partial charge in [0.15, 0.2) is 5.96 Å². The summed E-state index contributed by atoms with van der Waals surface area (Å²) >= 11 is 0. The zero-order chi connectivity index (χ0) is 18.8. The Hall–Kier alpha value is -1.35. The summed E-state index contributed by atoms with van der Waals surface area (Å²) < 4.78 is 5.69. The molecule has 7 heteroatoms. The van der Waals surface area contributed by atoms with E-state index in [0.29, 0.717) is 19.6 Å². The van der Waals surface area contributed by atoms with Crippen molar-refractivity contribution in [3.8, 4) is 0 Å². The van der Waals surface area contributed by atoms with Crippen LogP contribution < -0.4 is 10.6 Å². The number of benzene rings is 1. The Labute approximate surface area is 180 Å². The van der Waals surface area contributed by atoms with Crippen molar-refractivity contribution in [2.24, 2.45) is 10.9 Å². The molecule has 1 saturated carbocycles. The van der Waals surface area contributed by atoms with Crippen LogP contribution >= 0.6 is 24.0 Å². The number of carbonyl (C=O) groups excluding carboxylic acids is 1. The molecule has 27 heavy (non-hydrogen) atoms. The van der Waals surface area contributed by atoms with Gasteiger partial charge in [0.05, 0.1) is 6.61 Å². The van der Waals surface area contributed by atoms with Gasteiger partial charge in [-0.1, -0.05) is 19.1 Å². The molecule has 0 bridgehead atoms. The highest BCUT2D eigenvalue weighted by Gasteiger charge is 2.21. The van der Waals surface area contributed by atoms with Crippen LogP contribution in [0.15, 0.2) is 29.3 Å². The van der Waals surface area contributed by atoms with Crippen LogP contribution in [0.3, 0.4) is 0 Å². The van der Waals surface area contributed by atoms with Crippen molar-refractivity contribution in [3.05, 3.63) is 29.8 Å². The number of rotatable bonds is 10. The molecule has 1 aliphatic rings. The zero-order valence-corrected chi connectivity index (χ0v) is 19.0. The second kappa shape index (κ2) is 12.9. The topological polar surface area (TPSA) is 66.0 Å². The maximum atomic E-state index is 11.7. The van der Waals surface area contributed by atoms with Crippen LogP contribution in [-0.2, 0) is 16.1 Å². The van der Waals surface area contributed by atoms with Gasteiger partial charge in [0.1, 0.15) is 0 Å². The highest BCUT2D eigenvalue weighted by Crippen LogP contribution is 2.28. The minimum absolute atomic E-state index is 0. The Morgan fingerprint density at radius 3 is 2.81 bits per heavy atom. The van der Waals surface area contributed by atoms with Gasteiger partial charge in [-0.3, -0.25) is 9.79 Å². The molecule has 1 fully saturated rings. The number of aliphatic imine (C=N–C) groups is 1. The Balaban J connectivity index is 0.00000364. The molecule has 6 nitrogen and oxygen atoms in total. The van der Waals surface area contributed by atoms with E-state index < -0.39 is 0 Å². The van der Waals surface area contributed by atoms with E-state index >= 15 is 0 Å². The molecule has 1 aromatic carbocycles. The number of ether oxygens (including phenoxy) is 1. The summed E-state index contributed by atoms with van der Waals surface area (Å²) in [5.41, 5.74) is 1.93. The van der Waals surface area contributed by atoms with Gasteiger partial charge in [-0.25, -0.2) is 0 Å². The number of nitrogens with one attached hydrogen (secondary N) is 2.